The highest BCUT2D eigenvalue weighted by Crippen LogP contribution is 2.39. The van der Waals surface area contributed by atoms with Gasteiger partial charge in [0.1, 0.15) is 11.6 Å². The van der Waals surface area contributed by atoms with Gasteiger partial charge in [-0.25, -0.2) is 13.9 Å². The summed E-state index contributed by atoms with van der Waals surface area (Å²) in [4.78, 5) is 16.2. The number of rotatable bonds is 8. The molecule has 3 aromatic rings. The van der Waals surface area contributed by atoms with Crippen LogP contribution < -0.4 is 4.74 Å². The number of ketones is 1. The molecule has 0 fully saturated rings. The highest BCUT2D eigenvalue weighted by atomic mass is 32.2. The number of thioether (sulfide) groups is 1. The van der Waals surface area contributed by atoms with E-state index in [1.54, 1.807) is 23.9 Å². The van der Waals surface area contributed by atoms with Gasteiger partial charge in [0.2, 0.25) is 11.8 Å². The first-order valence-electron chi connectivity index (χ1n) is 11.9. The fourth-order valence-corrected chi connectivity index (χ4v) is 6.15. The van der Waals surface area contributed by atoms with Gasteiger partial charge in [0.05, 0.1) is 13.1 Å². The van der Waals surface area contributed by atoms with E-state index in [1.807, 2.05) is 18.2 Å². The van der Waals surface area contributed by atoms with E-state index in [2.05, 4.69) is 26.3 Å². The van der Waals surface area contributed by atoms with Crippen LogP contribution in [-0.4, -0.2) is 51.9 Å². The van der Waals surface area contributed by atoms with Crippen LogP contribution in [0.2, 0.25) is 0 Å². The molecule has 2 aliphatic rings. The molecule has 3 aromatic carbocycles. The summed E-state index contributed by atoms with van der Waals surface area (Å²) >= 11 is 1.74. The van der Waals surface area contributed by atoms with E-state index in [-0.39, 0.29) is 23.4 Å². The molecule has 0 amide bonds. The SMILES string of the molecule is O=C(c1ccc(OC(F)F)cc1)[C@H]1[C@@H](c2ccc(F)cc2)N(CCc2ccccc2)C2=[N+]1CCCS2. The molecule has 0 unspecified atom stereocenters. The maximum atomic E-state index is 14.0. The lowest BCUT2D eigenvalue weighted by Crippen LogP contribution is -2.39. The summed E-state index contributed by atoms with van der Waals surface area (Å²) in [6.45, 7) is -1.48. The van der Waals surface area contributed by atoms with Crippen molar-refractivity contribution in [1.29, 1.82) is 0 Å². The van der Waals surface area contributed by atoms with Crippen LogP contribution in [0.25, 0.3) is 0 Å². The van der Waals surface area contributed by atoms with E-state index >= 15 is 0 Å². The Labute approximate surface area is 212 Å². The van der Waals surface area contributed by atoms with Crippen molar-refractivity contribution in [3.8, 4) is 5.75 Å². The Kier molecular flexibility index (Phi) is 7.32. The minimum Gasteiger partial charge on any atom is -0.435 e. The van der Waals surface area contributed by atoms with E-state index in [9.17, 15) is 18.0 Å². The molecule has 0 saturated heterocycles. The van der Waals surface area contributed by atoms with E-state index in [0.29, 0.717) is 12.1 Å². The van der Waals surface area contributed by atoms with Crippen LogP contribution in [0.5, 0.6) is 5.75 Å². The third-order valence-electron chi connectivity index (χ3n) is 6.56. The molecule has 0 N–H and O–H groups in total. The molecular formula is C28H26F3N2O2S+. The molecular weight excluding hydrogens is 485 g/mol. The van der Waals surface area contributed by atoms with E-state index in [4.69, 9.17) is 0 Å². The molecule has 0 saturated carbocycles. The van der Waals surface area contributed by atoms with Crippen molar-refractivity contribution in [1.82, 2.24) is 4.90 Å². The lowest BCUT2D eigenvalue weighted by molar-refractivity contribution is -0.543. The lowest BCUT2D eigenvalue weighted by Gasteiger charge is -2.24. The van der Waals surface area contributed by atoms with Gasteiger partial charge in [0.25, 0.3) is 0 Å². The zero-order chi connectivity index (χ0) is 25.1. The number of carbonyl (C=O) groups excluding carboxylic acids is 1. The summed E-state index contributed by atoms with van der Waals surface area (Å²) in [7, 11) is 0. The molecule has 2 aliphatic heterocycles. The van der Waals surface area contributed by atoms with Crippen LogP contribution in [0.15, 0.2) is 78.9 Å². The van der Waals surface area contributed by atoms with Gasteiger partial charge in [-0.1, -0.05) is 42.5 Å². The fraction of sp³-hybridized carbons (Fsp3) is 0.286. The van der Waals surface area contributed by atoms with E-state index < -0.39 is 12.7 Å². The smallest absolute Gasteiger partial charge is 0.387 e. The van der Waals surface area contributed by atoms with Crippen LogP contribution in [0.4, 0.5) is 13.2 Å². The molecule has 2 heterocycles. The monoisotopic (exact) mass is 511 g/mol. The maximum absolute atomic E-state index is 14.0. The Bertz CT molecular complexity index is 1230. The summed E-state index contributed by atoms with van der Waals surface area (Å²) in [6.07, 6.45) is 1.75. The molecule has 36 heavy (non-hydrogen) atoms. The number of nitrogens with zero attached hydrogens (tertiary/aromatic N) is 2. The summed E-state index contributed by atoms with van der Waals surface area (Å²) < 4.78 is 45.6. The van der Waals surface area contributed by atoms with Crippen molar-refractivity contribution in [2.24, 2.45) is 0 Å². The lowest BCUT2D eigenvalue weighted by atomic mass is 9.92. The second-order valence-corrected chi connectivity index (χ2v) is 9.88. The second-order valence-electron chi connectivity index (χ2n) is 8.82. The van der Waals surface area contributed by atoms with Crippen LogP contribution in [0.1, 0.15) is 33.9 Å². The first kappa shape index (κ1) is 24.4. The van der Waals surface area contributed by atoms with Crippen LogP contribution in [0.3, 0.4) is 0 Å². The average Bonchev–Trinajstić information content (AvgIpc) is 3.22. The van der Waals surface area contributed by atoms with Gasteiger partial charge in [0.15, 0.2) is 6.04 Å². The predicted octanol–water partition coefficient (Wildman–Crippen LogP) is 5.78. The quantitative estimate of drug-likeness (QED) is 0.283. The highest BCUT2D eigenvalue weighted by Gasteiger charge is 2.53. The maximum Gasteiger partial charge on any atom is 0.387 e. The number of carbonyl (C=O) groups is 1. The molecule has 4 nitrogen and oxygen atoms in total. The number of hydrogen-bond donors (Lipinski definition) is 0. The molecule has 8 heteroatoms. The second kappa shape index (κ2) is 10.8. The number of ether oxygens (including phenoxy) is 1. The van der Waals surface area contributed by atoms with Crippen molar-refractivity contribution in [2.45, 2.75) is 31.5 Å². The average molecular weight is 512 g/mol. The third-order valence-corrected chi connectivity index (χ3v) is 7.78. The van der Waals surface area contributed by atoms with Crippen molar-refractivity contribution >= 4 is 22.7 Å². The molecule has 0 bridgehead atoms. The largest absolute Gasteiger partial charge is 0.435 e. The molecule has 186 valence electrons. The fourth-order valence-electron chi connectivity index (χ4n) is 4.95. The van der Waals surface area contributed by atoms with Crippen LogP contribution >= 0.6 is 11.8 Å². The number of halogens is 3. The van der Waals surface area contributed by atoms with Crippen molar-refractivity contribution in [3.05, 3.63) is 101 Å². The van der Waals surface area contributed by atoms with Gasteiger partial charge in [-0.05, 0) is 60.1 Å². The Balaban J connectivity index is 1.51. The van der Waals surface area contributed by atoms with Gasteiger partial charge in [-0.3, -0.25) is 4.79 Å². The summed E-state index contributed by atoms with van der Waals surface area (Å²) in [5, 5.41) is 1.06. The summed E-state index contributed by atoms with van der Waals surface area (Å²) in [5.74, 6) is 0.540. The van der Waals surface area contributed by atoms with Crippen LogP contribution in [0, 0.1) is 5.82 Å². The zero-order valence-corrected chi connectivity index (χ0v) is 20.3. The molecule has 0 aromatic heterocycles. The van der Waals surface area contributed by atoms with Crippen molar-refractivity contribution in [3.63, 3.8) is 0 Å². The first-order valence-corrected chi connectivity index (χ1v) is 12.9. The Morgan fingerprint density at radius 3 is 2.44 bits per heavy atom. The number of hydrogen-bond acceptors (Lipinski definition) is 4. The Hall–Kier alpha value is -3.26. The van der Waals surface area contributed by atoms with Crippen molar-refractivity contribution in [2.75, 3.05) is 18.8 Å². The zero-order valence-electron chi connectivity index (χ0n) is 19.5. The van der Waals surface area contributed by atoms with Gasteiger partial charge in [0, 0.05) is 23.3 Å². The number of amidine groups is 1. The van der Waals surface area contributed by atoms with Gasteiger partial charge in [-0.15, -0.1) is 0 Å². The topological polar surface area (TPSA) is 32.5 Å². The van der Waals surface area contributed by atoms with E-state index in [1.165, 1.54) is 42.0 Å². The Morgan fingerprint density at radius 2 is 1.75 bits per heavy atom. The number of Topliss-reactive ketones (excluding diaryl/α,β-unsaturated/α-hetero) is 1. The summed E-state index contributed by atoms with van der Waals surface area (Å²) in [6, 6.07) is 21.6. The number of alkyl halides is 2. The third kappa shape index (κ3) is 5.14. The molecule has 0 spiro atoms. The van der Waals surface area contributed by atoms with Gasteiger partial charge in [-0.2, -0.15) is 8.78 Å². The minimum atomic E-state index is -2.93. The normalized spacial score (nSPS) is 19.5. The molecule has 2 atom stereocenters. The predicted molar refractivity (Wildman–Crippen MR) is 134 cm³/mol. The van der Waals surface area contributed by atoms with Gasteiger partial charge < -0.3 is 4.74 Å². The minimum absolute atomic E-state index is 0.00771. The Morgan fingerprint density at radius 1 is 1.03 bits per heavy atom. The number of benzene rings is 3. The van der Waals surface area contributed by atoms with Gasteiger partial charge >= 0.3 is 11.8 Å². The molecule has 0 aliphatic carbocycles. The summed E-state index contributed by atoms with van der Waals surface area (Å²) in [5.41, 5.74) is 2.49. The molecule has 5 rings (SSSR count). The first-order chi connectivity index (χ1) is 17.5. The van der Waals surface area contributed by atoms with E-state index in [0.717, 1.165) is 35.9 Å². The standard InChI is InChI=1S/C28H26F3N2O2S/c29-22-11-7-20(8-12-22)24-25(26(34)21-9-13-23(14-10-21)35-27(30)31)32-16-4-18-36-28(32)33(24)17-15-19-5-2-1-3-6-19/h1-3,5-14,24-25,27H,4,15-18H2/q+1/t24-,25-/m1/s1. The highest BCUT2D eigenvalue weighted by molar-refractivity contribution is 8.13. The van der Waals surface area contributed by atoms with Crippen LogP contribution in [-0.2, 0) is 6.42 Å². The van der Waals surface area contributed by atoms with Crippen molar-refractivity contribution < 1.29 is 27.3 Å². The molecule has 0 radical (unpaired) electrons.